The number of thiazole rings is 1. The Hall–Kier alpha value is -2.05. The zero-order chi connectivity index (χ0) is 13.2. The van der Waals surface area contributed by atoms with E-state index >= 15 is 0 Å². The van der Waals surface area contributed by atoms with Gasteiger partial charge in [-0.05, 0) is 13.0 Å². The minimum absolute atomic E-state index is 0.420. The lowest BCUT2D eigenvalue weighted by atomic mass is 10.1. The first-order chi connectivity index (χ1) is 9.26. The van der Waals surface area contributed by atoms with Gasteiger partial charge in [0.1, 0.15) is 10.7 Å². The Morgan fingerprint density at radius 2 is 2.21 bits per heavy atom. The largest absolute Gasteiger partial charge is 0.332 e. The van der Waals surface area contributed by atoms with Crippen LogP contribution >= 0.6 is 11.3 Å². The average Bonchev–Trinajstić information content (AvgIpc) is 3.07. The zero-order valence-corrected chi connectivity index (χ0v) is 11.1. The first-order valence-electron chi connectivity index (χ1n) is 5.82. The second-order valence-electron chi connectivity index (χ2n) is 4.12. The first-order valence-corrected chi connectivity index (χ1v) is 6.70. The second kappa shape index (κ2) is 4.91. The number of nitrogens with two attached hydrogens (primary N) is 1. The van der Waals surface area contributed by atoms with Gasteiger partial charge in [0.2, 0.25) is 5.82 Å². The van der Waals surface area contributed by atoms with E-state index in [4.69, 9.17) is 10.3 Å². The quantitative estimate of drug-likeness (QED) is 0.793. The van der Waals surface area contributed by atoms with E-state index in [-0.39, 0.29) is 0 Å². The third-order valence-corrected chi connectivity index (χ3v) is 3.52. The molecule has 0 aliphatic heterocycles. The number of hydrogen-bond donors (Lipinski definition) is 1. The molecule has 0 fully saturated rings. The van der Waals surface area contributed by atoms with Crippen LogP contribution in [0.2, 0.25) is 0 Å². The van der Waals surface area contributed by atoms with Gasteiger partial charge in [0.05, 0.1) is 0 Å². The summed E-state index contributed by atoms with van der Waals surface area (Å²) in [6, 6.07) is 7.96. The Labute approximate surface area is 114 Å². The highest BCUT2D eigenvalue weighted by molar-refractivity contribution is 7.09. The summed E-state index contributed by atoms with van der Waals surface area (Å²) in [6.07, 6.45) is 0. The fourth-order valence-corrected chi connectivity index (χ4v) is 2.38. The minimum atomic E-state index is 0.420. The maximum atomic E-state index is 5.54. The van der Waals surface area contributed by atoms with E-state index in [0.717, 1.165) is 16.1 Å². The van der Waals surface area contributed by atoms with Gasteiger partial charge in [-0.1, -0.05) is 28.9 Å². The van der Waals surface area contributed by atoms with Crippen LogP contribution in [-0.4, -0.2) is 15.1 Å². The molecule has 96 valence electrons. The second-order valence-corrected chi connectivity index (χ2v) is 5.07. The van der Waals surface area contributed by atoms with Gasteiger partial charge >= 0.3 is 0 Å². The molecule has 2 heterocycles. The number of nitrogens with zero attached hydrogens (tertiary/aromatic N) is 3. The third kappa shape index (κ3) is 2.40. The zero-order valence-electron chi connectivity index (χ0n) is 10.3. The molecule has 0 aliphatic rings. The number of aromatic nitrogens is 3. The summed E-state index contributed by atoms with van der Waals surface area (Å²) in [4.78, 5) is 8.69. The summed E-state index contributed by atoms with van der Waals surface area (Å²) in [5, 5.41) is 6.71. The molecule has 2 aromatic heterocycles. The fourth-order valence-electron chi connectivity index (χ4n) is 1.73. The molecule has 0 radical (unpaired) electrons. The predicted molar refractivity (Wildman–Crippen MR) is 73.5 cm³/mol. The van der Waals surface area contributed by atoms with Crippen molar-refractivity contribution in [2.45, 2.75) is 13.5 Å². The molecule has 0 unspecified atom stereocenters. The van der Waals surface area contributed by atoms with Crippen molar-refractivity contribution < 1.29 is 4.52 Å². The van der Waals surface area contributed by atoms with E-state index in [1.54, 1.807) is 0 Å². The molecule has 1 aromatic carbocycles. The fraction of sp³-hybridized carbons (Fsp3) is 0.154. The highest BCUT2D eigenvalue weighted by atomic mass is 32.1. The van der Waals surface area contributed by atoms with Gasteiger partial charge in [-0.2, -0.15) is 4.98 Å². The molecule has 19 heavy (non-hydrogen) atoms. The van der Waals surface area contributed by atoms with Crippen molar-refractivity contribution in [1.29, 1.82) is 0 Å². The van der Waals surface area contributed by atoms with Gasteiger partial charge in [0.25, 0.3) is 5.89 Å². The summed E-state index contributed by atoms with van der Waals surface area (Å²) in [5.74, 6) is 0.994. The van der Waals surface area contributed by atoms with Crippen LogP contribution in [0, 0.1) is 6.92 Å². The Morgan fingerprint density at radius 3 is 2.95 bits per heavy atom. The van der Waals surface area contributed by atoms with Gasteiger partial charge in [-0.3, -0.25) is 0 Å². The maximum Gasteiger partial charge on any atom is 0.277 e. The number of benzene rings is 1. The third-order valence-electron chi connectivity index (χ3n) is 2.65. The van der Waals surface area contributed by atoms with E-state index in [2.05, 4.69) is 15.1 Å². The predicted octanol–water partition coefficient (Wildman–Crippen LogP) is 2.63. The van der Waals surface area contributed by atoms with E-state index in [1.165, 1.54) is 11.3 Å². The first kappa shape index (κ1) is 12.0. The van der Waals surface area contributed by atoms with Crippen molar-refractivity contribution in [3.8, 4) is 23.0 Å². The highest BCUT2D eigenvalue weighted by Gasteiger charge is 2.13. The molecule has 3 rings (SSSR count). The minimum Gasteiger partial charge on any atom is -0.332 e. The van der Waals surface area contributed by atoms with Gasteiger partial charge in [0.15, 0.2) is 0 Å². The summed E-state index contributed by atoms with van der Waals surface area (Å²) in [6.45, 7) is 2.45. The molecular formula is C13H12N4OS. The van der Waals surface area contributed by atoms with Crippen LogP contribution in [0.15, 0.2) is 34.2 Å². The molecular weight excluding hydrogens is 260 g/mol. The standard InChI is InChI=1S/C13H12N4OS/c1-8-3-2-4-9(5-8)12-16-13(18-17-12)10-7-19-11(6-14)15-10/h2-5,7H,6,14H2,1H3. The van der Waals surface area contributed by atoms with Crippen LogP contribution in [0.25, 0.3) is 23.0 Å². The van der Waals surface area contributed by atoms with Gasteiger partial charge in [0, 0.05) is 17.5 Å². The van der Waals surface area contributed by atoms with E-state index in [1.807, 2.05) is 36.6 Å². The van der Waals surface area contributed by atoms with Crippen LogP contribution < -0.4 is 5.73 Å². The normalized spacial score (nSPS) is 10.8. The highest BCUT2D eigenvalue weighted by Crippen LogP contribution is 2.23. The number of rotatable bonds is 3. The molecule has 0 saturated heterocycles. The van der Waals surface area contributed by atoms with Crippen molar-refractivity contribution in [1.82, 2.24) is 15.1 Å². The van der Waals surface area contributed by atoms with Crippen LogP contribution in [0.4, 0.5) is 0 Å². The monoisotopic (exact) mass is 272 g/mol. The van der Waals surface area contributed by atoms with Gasteiger partial charge in [-0.15, -0.1) is 11.3 Å². The Morgan fingerprint density at radius 1 is 1.32 bits per heavy atom. The topological polar surface area (TPSA) is 77.8 Å². The molecule has 2 N–H and O–H groups in total. The summed E-state index contributed by atoms with van der Waals surface area (Å²) in [7, 11) is 0. The number of aryl methyl sites for hydroxylation is 1. The maximum absolute atomic E-state index is 5.54. The molecule has 0 amide bonds. The lowest BCUT2D eigenvalue weighted by Crippen LogP contribution is -1.94. The molecule has 0 bridgehead atoms. The molecule has 6 heteroatoms. The molecule has 0 aliphatic carbocycles. The molecule has 0 saturated carbocycles. The smallest absolute Gasteiger partial charge is 0.277 e. The lowest BCUT2D eigenvalue weighted by Gasteiger charge is -1.94. The van der Waals surface area contributed by atoms with Crippen LogP contribution in [0.1, 0.15) is 10.6 Å². The average molecular weight is 272 g/mol. The van der Waals surface area contributed by atoms with Crippen molar-refractivity contribution in [2.75, 3.05) is 0 Å². The van der Waals surface area contributed by atoms with Crippen molar-refractivity contribution in [2.24, 2.45) is 5.73 Å². The molecule has 3 aromatic rings. The van der Waals surface area contributed by atoms with Crippen LogP contribution in [-0.2, 0) is 6.54 Å². The Balaban J connectivity index is 1.95. The van der Waals surface area contributed by atoms with E-state index < -0.39 is 0 Å². The number of hydrogen-bond acceptors (Lipinski definition) is 6. The Kier molecular flexibility index (Phi) is 3.10. The Bertz CT molecular complexity index is 704. The van der Waals surface area contributed by atoms with Crippen LogP contribution in [0.3, 0.4) is 0 Å². The molecule has 0 atom stereocenters. The summed E-state index contributed by atoms with van der Waals surface area (Å²) in [5.41, 5.74) is 8.30. The van der Waals surface area contributed by atoms with Crippen molar-refractivity contribution in [3.05, 3.63) is 40.2 Å². The SMILES string of the molecule is Cc1cccc(-c2noc(-c3csc(CN)n3)n2)c1. The van der Waals surface area contributed by atoms with Gasteiger partial charge < -0.3 is 10.3 Å². The molecule has 0 spiro atoms. The lowest BCUT2D eigenvalue weighted by molar-refractivity contribution is 0.431. The summed E-state index contributed by atoms with van der Waals surface area (Å²) < 4.78 is 5.25. The van der Waals surface area contributed by atoms with Gasteiger partial charge in [-0.25, -0.2) is 4.98 Å². The van der Waals surface area contributed by atoms with E-state index in [0.29, 0.717) is 24.0 Å². The van der Waals surface area contributed by atoms with Crippen molar-refractivity contribution >= 4 is 11.3 Å². The summed E-state index contributed by atoms with van der Waals surface area (Å²) >= 11 is 1.49. The van der Waals surface area contributed by atoms with Crippen LogP contribution in [0.5, 0.6) is 0 Å². The van der Waals surface area contributed by atoms with Crippen molar-refractivity contribution in [3.63, 3.8) is 0 Å². The molecule has 5 nitrogen and oxygen atoms in total. The van der Waals surface area contributed by atoms with E-state index in [9.17, 15) is 0 Å².